The number of alkyl halides is 3. The van der Waals surface area contributed by atoms with E-state index < -0.39 is 17.8 Å². The van der Waals surface area contributed by atoms with Crippen LogP contribution in [0.5, 0.6) is 0 Å². The maximum Gasteiger partial charge on any atom is 0.416 e. The van der Waals surface area contributed by atoms with Crippen molar-refractivity contribution in [2.45, 2.75) is 18.6 Å². The van der Waals surface area contributed by atoms with Gasteiger partial charge in [0.25, 0.3) is 0 Å². The maximum atomic E-state index is 12.5. The molecule has 1 radical (unpaired) electrons. The number of hydrogen-bond acceptors (Lipinski definition) is 2. The molecule has 0 aromatic heterocycles. The van der Waals surface area contributed by atoms with Crippen molar-refractivity contribution in [1.82, 2.24) is 0 Å². The highest BCUT2D eigenvalue weighted by Gasteiger charge is 2.33. The predicted octanol–water partition coefficient (Wildman–Crippen LogP) is 1.68. The van der Waals surface area contributed by atoms with Crippen molar-refractivity contribution in [3.63, 3.8) is 0 Å². The summed E-state index contributed by atoms with van der Waals surface area (Å²) in [7, 11) is 0. The molecule has 0 unspecified atom stereocenters. The monoisotopic (exact) mass is 216 g/mol. The lowest BCUT2D eigenvalue weighted by Crippen LogP contribution is -2.25. The van der Waals surface area contributed by atoms with Gasteiger partial charge in [0.05, 0.1) is 11.6 Å². The van der Waals surface area contributed by atoms with Gasteiger partial charge >= 0.3 is 6.18 Å². The van der Waals surface area contributed by atoms with Gasteiger partial charge in [-0.05, 0) is 18.1 Å². The third-order valence-electron chi connectivity index (χ3n) is 1.91. The zero-order chi connectivity index (χ0) is 11.5. The second-order valence-electron chi connectivity index (χ2n) is 3.08. The molecule has 0 aliphatic carbocycles. The molecule has 0 aliphatic rings. The van der Waals surface area contributed by atoms with E-state index in [0.29, 0.717) is 0 Å². The van der Waals surface area contributed by atoms with Crippen LogP contribution in [0, 0.1) is 0 Å². The van der Waals surface area contributed by atoms with Gasteiger partial charge in [0.1, 0.15) is 0 Å². The second kappa shape index (κ2) is 4.44. The molecular weight excluding hydrogens is 207 g/mol. The van der Waals surface area contributed by atoms with Crippen LogP contribution in [0.4, 0.5) is 13.2 Å². The summed E-state index contributed by atoms with van der Waals surface area (Å²) in [5, 5.41) is 0. The van der Waals surface area contributed by atoms with Crippen LogP contribution in [-0.2, 0) is 17.4 Å². The highest BCUT2D eigenvalue weighted by atomic mass is 19.4. The third kappa shape index (κ3) is 3.06. The highest BCUT2D eigenvalue weighted by molar-refractivity contribution is 5.59. The molecule has 0 saturated heterocycles. The molecule has 1 aromatic rings. The predicted molar refractivity (Wildman–Crippen MR) is 48.8 cm³/mol. The first-order valence-corrected chi connectivity index (χ1v) is 4.23. The first-order valence-electron chi connectivity index (χ1n) is 4.23. The summed E-state index contributed by atoms with van der Waals surface area (Å²) in [6, 6.07) is 4.02. The Kier molecular flexibility index (Phi) is 3.47. The third-order valence-corrected chi connectivity index (χ3v) is 1.91. The van der Waals surface area contributed by atoms with Gasteiger partial charge in [-0.2, -0.15) is 13.2 Å². The lowest BCUT2D eigenvalue weighted by molar-refractivity contribution is -0.138. The number of benzene rings is 1. The Bertz CT molecular complexity index is 349. The number of nitrogens with two attached hydrogens (primary N) is 1. The van der Waals surface area contributed by atoms with Crippen molar-refractivity contribution >= 4 is 6.29 Å². The molecule has 1 aromatic carbocycles. The molecule has 2 nitrogen and oxygen atoms in total. The summed E-state index contributed by atoms with van der Waals surface area (Å²) in [6.07, 6.45) is -3.12. The second-order valence-corrected chi connectivity index (χ2v) is 3.08. The van der Waals surface area contributed by atoms with Gasteiger partial charge in [0, 0.05) is 0 Å². The van der Waals surface area contributed by atoms with Crippen molar-refractivity contribution in [2.75, 3.05) is 0 Å². The zero-order valence-electron chi connectivity index (χ0n) is 7.71. The fourth-order valence-electron chi connectivity index (χ4n) is 1.25. The molecule has 0 fully saturated rings. The van der Waals surface area contributed by atoms with Crippen LogP contribution < -0.4 is 5.73 Å². The van der Waals surface area contributed by atoms with E-state index in [-0.39, 0.29) is 12.0 Å². The Labute approximate surface area is 84.9 Å². The lowest BCUT2D eigenvalue weighted by atomic mass is 10.0. The van der Waals surface area contributed by atoms with E-state index in [9.17, 15) is 18.0 Å². The first-order chi connectivity index (χ1) is 6.95. The molecular formula is C10H9F3NO. The van der Waals surface area contributed by atoms with E-state index in [2.05, 4.69) is 0 Å². The minimum Gasteiger partial charge on any atom is -0.321 e. The number of hydrogen-bond donors (Lipinski definition) is 1. The van der Waals surface area contributed by atoms with Crippen molar-refractivity contribution in [2.24, 2.45) is 5.73 Å². The Morgan fingerprint density at radius 3 is 2.47 bits per heavy atom. The quantitative estimate of drug-likeness (QED) is 0.835. The Balaban J connectivity index is 3.02. The van der Waals surface area contributed by atoms with Gasteiger partial charge in [-0.25, -0.2) is 0 Å². The molecule has 0 spiro atoms. The molecule has 0 bridgehead atoms. The normalized spacial score (nSPS) is 13.6. The van der Waals surface area contributed by atoms with Crippen LogP contribution in [0.25, 0.3) is 0 Å². The molecule has 5 heteroatoms. The van der Waals surface area contributed by atoms with E-state index in [0.717, 1.165) is 6.07 Å². The molecule has 1 atom stereocenters. The smallest absolute Gasteiger partial charge is 0.321 e. The number of halogens is 3. The summed E-state index contributed by atoms with van der Waals surface area (Å²) in [5.74, 6) is 0. The maximum absolute atomic E-state index is 12.5. The van der Waals surface area contributed by atoms with Gasteiger partial charge in [0.2, 0.25) is 6.29 Å². The Morgan fingerprint density at radius 2 is 1.93 bits per heavy atom. The van der Waals surface area contributed by atoms with E-state index in [1.54, 1.807) is 0 Å². The minimum atomic E-state index is -4.42. The fourth-order valence-corrected chi connectivity index (χ4v) is 1.25. The summed E-state index contributed by atoms with van der Waals surface area (Å²) < 4.78 is 37.4. The largest absolute Gasteiger partial charge is 0.416 e. The van der Waals surface area contributed by atoms with Crippen LogP contribution in [0.2, 0.25) is 0 Å². The molecule has 15 heavy (non-hydrogen) atoms. The van der Waals surface area contributed by atoms with Gasteiger partial charge in [0.15, 0.2) is 0 Å². The van der Waals surface area contributed by atoms with E-state index in [1.807, 2.05) is 0 Å². The van der Waals surface area contributed by atoms with E-state index in [4.69, 9.17) is 5.73 Å². The molecule has 0 heterocycles. The lowest BCUT2D eigenvalue weighted by Gasteiger charge is -2.13. The van der Waals surface area contributed by atoms with Gasteiger partial charge in [-0.1, -0.05) is 18.2 Å². The molecule has 2 N–H and O–H groups in total. The molecule has 1 rings (SSSR count). The van der Waals surface area contributed by atoms with E-state index in [1.165, 1.54) is 24.5 Å². The van der Waals surface area contributed by atoms with Crippen LogP contribution in [0.15, 0.2) is 24.3 Å². The Morgan fingerprint density at radius 1 is 1.33 bits per heavy atom. The molecule has 0 amide bonds. The SMILES string of the molecule is N[C@H]([C]=O)Cc1ccccc1C(F)(F)F. The highest BCUT2D eigenvalue weighted by Crippen LogP contribution is 2.32. The average Bonchev–Trinajstić information content (AvgIpc) is 2.17. The first kappa shape index (κ1) is 11.7. The number of carbonyl (C=O) groups excluding carboxylic acids is 1. The summed E-state index contributed by atoms with van der Waals surface area (Å²) in [4.78, 5) is 10.1. The van der Waals surface area contributed by atoms with Crippen LogP contribution in [0.3, 0.4) is 0 Å². The minimum absolute atomic E-state index is 0.0147. The topological polar surface area (TPSA) is 43.1 Å². The molecule has 0 saturated carbocycles. The van der Waals surface area contributed by atoms with Crippen molar-refractivity contribution < 1.29 is 18.0 Å². The van der Waals surface area contributed by atoms with E-state index >= 15 is 0 Å². The van der Waals surface area contributed by atoms with Gasteiger partial charge in [-0.15, -0.1) is 0 Å². The standard InChI is InChI=1S/C10H9F3NO/c11-10(12,13)9-4-2-1-3-7(9)5-8(14)6-15/h1-4,8H,5,14H2/t8-/m0/s1. The van der Waals surface area contributed by atoms with Crippen molar-refractivity contribution in [1.29, 1.82) is 0 Å². The molecule has 81 valence electrons. The summed E-state index contributed by atoms with van der Waals surface area (Å²) in [6.45, 7) is 0. The number of rotatable bonds is 3. The van der Waals surface area contributed by atoms with Crippen LogP contribution >= 0.6 is 0 Å². The van der Waals surface area contributed by atoms with Crippen molar-refractivity contribution in [3.05, 3.63) is 35.4 Å². The van der Waals surface area contributed by atoms with Crippen LogP contribution in [0.1, 0.15) is 11.1 Å². The van der Waals surface area contributed by atoms with Gasteiger partial charge < -0.3 is 5.73 Å². The molecule has 0 aliphatic heterocycles. The van der Waals surface area contributed by atoms with Crippen LogP contribution in [-0.4, -0.2) is 12.3 Å². The average molecular weight is 216 g/mol. The Hall–Kier alpha value is -1.36. The summed E-state index contributed by atoms with van der Waals surface area (Å²) >= 11 is 0. The fraction of sp³-hybridized carbons (Fsp3) is 0.300. The van der Waals surface area contributed by atoms with Crippen molar-refractivity contribution in [3.8, 4) is 0 Å². The summed E-state index contributed by atoms with van der Waals surface area (Å²) in [5.41, 5.74) is 4.49. The zero-order valence-corrected chi connectivity index (χ0v) is 7.71. The van der Waals surface area contributed by atoms with Gasteiger partial charge in [-0.3, -0.25) is 4.79 Å².